The Morgan fingerprint density at radius 1 is 1.70 bits per heavy atom. The van der Waals surface area contributed by atoms with Gasteiger partial charge in [0.15, 0.2) is 5.79 Å². The molecule has 4 nitrogen and oxygen atoms in total. The van der Waals surface area contributed by atoms with Crippen LogP contribution in [0.3, 0.4) is 0 Å². The van der Waals surface area contributed by atoms with Gasteiger partial charge in [0.1, 0.15) is 12.6 Å². The lowest BCUT2D eigenvalue weighted by Gasteiger charge is -2.15. The lowest BCUT2D eigenvalue weighted by Crippen LogP contribution is -2.22. The SMILES string of the molecule is CC1(C)OCC(CN=O)O1. The fraction of sp³-hybridized carbons (Fsp3) is 1.00. The number of nitroso groups, excluding NO2 is 1. The normalized spacial score (nSPS) is 30.4. The van der Waals surface area contributed by atoms with Gasteiger partial charge in [0, 0.05) is 0 Å². The summed E-state index contributed by atoms with van der Waals surface area (Å²) in [5.74, 6) is -0.532. The van der Waals surface area contributed by atoms with Gasteiger partial charge in [0.2, 0.25) is 0 Å². The van der Waals surface area contributed by atoms with E-state index in [0.717, 1.165) is 0 Å². The van der Waals surface area contributed by atoms with E-state index in [0.29, 0.717) is 6.61 Å². The summed E-state index contributed by atoms with van der Waals surface area (Å²) in [5, 5.41) is 2.73. The fourth-order valence-corrected chi connectivity index (χ4v) is 0.936. The van der Waals surface area contributed by atoms with Gasteiger partial charge in [-0.1, -0.05) is 5.18 Å². The monoisotopic (exact) mass is 145 g/mol. The fourth-order valence-electron chi connectivity index (χ4n) is 0.936. The molecule has 1 rings (SSSR count). The highest BCUT2D eigenvalue weighted by atomic mass is 16.7. The summed E-state index contributed by atoms with van der Waals surface area (Å²) < 4.78 is 10.5. The molecule has 0 spiro atoms. The number of nitrogens with zero attached hydrogens (tertiary/aromatic N) is 1. The standard InChI is InChI=1S/C6H11NO3/c1-6(2)9-4-5(10-6)3-7-8/h5H,3-4H2,1-2H3. The summed E-state index contributed by atoms with van der Waals surface area (Å²) in [4.78, 5) is 9.79. The largest absolute Gasteiger partial charge is 0.348 e. The summed E-state index contributed by atoms with van der Waals surface area (Å²) >= 11 is 0. The molecule has 0 aliphatic carbocycles. The van der Waals surface area contributed by atoms with Crippen molar-refractivity contribution in [1.82, 2.24) is 0 Å². The van der Waals surface area contributed by atoms with Crippen molar-refractivity contribution in [2.24, 2.45) is 5.18 Å². The molecule has 58 valence electrons. The zero-order chi connectivity index (χ0) is 7.61. The third-order valence-electron chi connectivity index (χ3n) is 1.35. The molecule has 0 radical (unpaired) electrons. The van der Waals surface area contributed by atoms with Gasteiger partial charge in [0.25, 0.3) is 0 Å². The van der Waals surface area contributed by atoms with Crippen LogP contribution in [0.15, 0.2) is 5.18 Å². The van der Waals surface area contributed by atoms with Crippen molar-refractivity contribution in [2.45, 2.75) is 25.7 Å². The molecule has 0 saturated carbocycles. The van der Waals surface area contributed by atoms with E-state index in [-0.39, 0.29) is 12.6 Å². The van der Waals surface area contributed by atoms with E-state index in [1.54, 1.807) is 0 Å². The predicted molar refractivity (Wildman–Crippen MR) is 35.6 cm³/mol. The third kappa shape index (κ3) is 1.75. The molecule has 1 aliphatic rings. The van der Waals surface area contributed by atoms with Gasteiger partial charge in [-0.3, -0.25) is 0 Å². The molecule has 1 atom stereocenters. The van der Waals surface area contributed by atoms with Gasteiger partial charge in [0.05, 0.1) is 6.61 Å². The van der Waals surface area contributed by atoms with Crippen molar-refractivity contribution >= 4 is 0 Å². The van der Waals surface area contributed by atoms with Crippen molar-refractivity contribution in [3.63, 3.8) is 0 Å². The minimum Gasteiger partial charge on any atom is -0.348 e. The Labute approximate surface area is 59.5 Å². The van der Waals surface area contributed by atoms with E-state index in [9.17, 15) is 4.91 Å². The molecule has 1 saturated heterocycles. The number of hydrogen-bond donors (Lipinski definition) is 0. The van der Waals surface area contributed by atoms with Gasteiger partial charge < -0.3 is 9.47 Å². The summed E-state index contributed by atoms with van der Waals surface area (Å²) in [6, 6.07) is 0. The van der Waals surface area contributed by atoms with Crippen molar-refractivity contribution in [3.8, 4) is 0 Å². The second kappa shape index (κ2) is 2.64. The first-order chi connectivity index (χ1) is 4.64. The van der Waals surface area contributed by atoms with Crippen molar-refractivity contribution < 1.29 is 9.47 Å². The van der Waals surface area contributed by atoms with Crippen molar-refractivity contribution in [3.05, 3.63) is 4.91 Å². The Kier molecular flexibility index (Phi) is 2.01. The summed E-state index contributed by atoms with van der Waals surface area (Å²) in [6.45, 7) is 4.29. The number of ether oxygens (including phenoxy) is 2. The lowest BCUT2D eigenvalue weighted by atomic mass is 10.4. The molecule has 0 bridgehead atoms. The van der Waals surface area contributed by atoms with Crippen molar-refractivity contribution in [1.29, 1.82) is 0 Å². The molecule has 0 aromatic carbocycles. The molecule has 1 aliphatic heterocycles. The van der Waals surface area contributed by atoms with E-state index < -0.39 is 5.79 Å². The Morgan fingerprint density at radius 2 is 2.40 bits per heavy atom. The van der Waals surface area contributed by atoms with E-state index in [4.69, 9.17) is 9.47 Å². The molecule has 0 aromatic heterocycles. The van der Waals surface area contributed by atoms with Crippen LogP contribution in [-0.4, -0.2) is 25.0 Å². The van der Waals surface area contributed by atoms with E-state index >= 15 is 0 Å². The first-order valence-corrected chi connectivity index (χ1v) is 3.25. The molecule has 0 aromatic rings. The molecular weight excluding hydrogens is 134 g/mol. The smallest absolute Gasteiger partial charge is 0.163 e. The molecule has 1 fully saturated rings. The Bertz CT molecular complexity index is 135. The maximum absolute atomic E-state index is 9.79. The first-order valence-electron chi connectivity index (χ1n) is 3.25. The molecule has 4 heteroatoms. The second-order valence-corrected chi connectivity index (χ2v) is 2.76. The van der Waals surface area contributed by atoms with Gasteiger partial charge >= 0.3 is 0 Å². The van der Waals surface area contributed by atoms with Crippen LogP contribution >= 0.6 is 0 Å². The highest BCUT2D eigenvalue weighted by Gasteiger charge is 2.32. The van der Waals surface area contributed by atoms with Gasteiger partial charge in [-0.05, 0) is 13.8 Å². The van der Waals surface area contributed by atoms with Crippen LogP contribution < -0.4 is 0 Å². The highest BCUT2D eigenvalue weighted by Crippen LogP contribution is 2.21. The summed E-state index contributed by atoms with van der Waals surface area (Å²) in [6.07, 6.45) is -0.146. The van der Waals surface area contributed by atoms with Gasteiger partial charge in [-0.15, -0.1) is 0 Å². The van der Waals surface area contributed by atoms with Crippen LogP contribution in [0.1, 0.15) is 13.8 Å². The van der Waals surface area contributed by atoms with Crippen LogP contribution in [0.25, 0.3) is 0 Å². The van der Waals surface area contributed by atoms with E-state index in [1.165, 1.54) is 0 Å². The maximum atomic E-state index is 9.79. The van der Waals surface area contributed by atoms with Gasteiger partial charge in [-0.25, -0.2) is 0 Å². The Balaban J connectivity index is 2.35. The molecule has 10 heavy (non-hydrogen) atoms. The van der Waals surface area contributed by atoms with Crippen LogP contribution in [0.4, 0.5) is 0 Å². The van der Waals surface area contributed by atoms with Crippen molar-refractivity contribution in [2.75, 3.05) is 13.2 Å². The zero-order valence-corrected chi connectivity index (χ0v) is 6.16. The van der Waals surface area contributed by atoms with Crippen LogP contribution in [0, 0.1) is 4.91 Å². The Morgan fingerprint density at radius 3 is 2.80 bits per heavy atom. The summed E-state index contributed by atoms with van der Waals surface area (Å²) in [5.41, 5.74) is 0. The average molecular weight is 145 g/mol. The molecule has 0 N–H and O–H groups in total. The lowest BCUT2D eigenvalue weighted by molar-refractivity contribution is -0.137. The molecule has 1 heterocycles. The quantitative estimate of drug-likeness (QED) is 0.542. The zero-order valence-electron chi connectivity index (χ0n) is 6.16. The topological polar surface area (TPSA) is 47.9 Å². The first kappa shape index (κ1) is 7.63. The number of rotatable bonds is 2. The summed E-state index contributed by atoms with van der Waals surface area (Å²) in [7, 11) is 0. The van der Waals surface area contributed by atoms with Gasteiger partial charge in [-0.2, -0.15) is 4.91 Å². The van der Waals surface area contributed by atoms with Crippen LogP contribution in [0.2, 0.25) is 0 Å². The molecule has 0 amide bonds. The van der Waals surface area contributed by atoms with E-state index in [2.05, 4.69) is 5.18 Å². The highest BCUT2D eigenvalue weighted by molar-refractivity contribution is 4.71. The van der Waals surface area contributed by atoms with Crippen LogP contribution in [0.5, 0.6) is 0 Å². The average Bonchev–Trinajstić information content (AvgIpc) is 2.12. The third-order valence-corrected chi connectivity index (χ3v) is 1.35. The molecule has 1 unspecified atom stereocenters. The van der Waals surface area contributed by atoms with Crippen LogP contribution in [-0.2, 0) is 9.47 Å². The minimum atomic E-state index is -0.532. The van der Waals surface area contributed by atoms with E-state index in [1.807, 2.05) is 13.8 Å². The predicted octanol–water partition coefficient (Wildman–Crippen LogP) is 0.904. The Hall–Kier alpha value is -0.480. The minimum absolute atomic E-state index is 0.146. The number of hydrogen-bond acceptors (Lipinski definition) is 4. The maximum Gasteiger partial charge on any atom is 0.163 e. The molecular formula is C6H11NO3. The second-order valence-electron chi connectivity index (χ2n) is 2.76.